The van der Waals surface area contributed by atoms with E-state index in [9.17, 15) is 14.9 Å². The van der Waals surface area contributed by atoms with E-state index in [1.54, 1.807) is 56.3 Å². The molecule has 1 aliphatic rings. The highest BCUT2D eigenvalue weighted by Gasteiger charge is 2.35. The minimum atomic E-state index is -0.854. The minimum absolute atomic E-state index is 0.160. The molecule has 1 aromatic heterocycles. The fourth-order valence-corrected chi connectivity index (χ4v) is 6.82. The van der Waals surface area contributed by atoms with Gasteiger partial charge < -0.3 is 23.7 Å². The Bertz CT molecular complexity index is 2100. The number of nitriles is 1. The van der Waals surface area contributed by atoms with Crippen LogP contribution >= 0.6 is 27.3 Å². The van der Waals surface area contributed by atoms with Crippen LogP contribution in [0, 0.1) is 11.3 Å². The third-order valence-electron chi connectivity index (χ3n) is 7.40. The Hall–Kier alpha value is -4.86. The number of esters is 1. The van der Waals surface area contributed by atoms with Crippen LogP contribution in [0.5, 0.6) is 23.0 Å². The van der Waals surface area contributed by atoms with Crippen LogP contribution in [-0.4, -0.2) is 38.0 Å². The van der Waals surface area contributed by atoms with Crippen LogP contribution in [0.15, 0.2) is 80.1 Å². The Balaban J connectivity index is 1.59. The quantitative estimate of drug-likeness (QED) is 0.189. The average Bonchev–Trinajstić information content (AvgIpc) is 3.37. The Morgan fingerprint density at radius 3 is 2.47 bits per heavy atom. The number of carbonyl (C=O) groups is 1. The third-order valence-corrected chi connectivity index (χ3v) is 9.07. The molecule has 0 spiro atoms. The summed E-state index contributed by atoms with van der Waals surface area (Å²) < 4.78 is 30.9. The van der Waals surface area contributed by atoms with Crippen LogP contribution in [0.2, 0.25) is 0 Å². The molecule has 0 saturated heterocycles. The molecule has 0 N–H and O–H groups in total. The molecule has 3 aromatic carbocycles. The zero-order valence-electron chi connectivity index (χ0n) is 26.5. The van der Waals surface area contributed by atoms with E-state index in [1.807, 2.05) is 25.1 Å². The van der Waals surface area contributed by atoms with Crippen molar-refractivity contribution in [3.8, 4) is 29.1 Å². The predicted octanol–water partition coefficient (Wildman–Crippen LogP) is 5.43. The highest BCUT2D eigenvalue weighted by molar-refractivity contribution is 9.10. The van der Waals surface area contributed by atoms with Gasteiger partial charge in [-0.3, -0.25) is 9.36 Å². The topological polar surface area (TPSA) is 121 Å². The standard InChI is InChI=1S/C35H32BrN3O7S/c1-6-44-29-17-25(36)24(16-28(29)43-5)32-31(34(41)45-7-2)20(3)38-35-39(32)33(40)30(47-35)15-21-12-13-26(27(14-21)42-4)46-19-23-11-9-8-10-22(23)18-37/h8-17,32H,6-7,19H2,1-5H3/b30-15+/t32-/m1/s1. The van der Waals surface area contributed by atoms with Gasteiger partial charge in [0.1, 0.15) is 6.61 Å². The second kappa shape index (κ2) is 14.7. The maximum absolute atomic E-state index is 14.2. The van der Waals surface area contributed by atoms with Crippen molar-refractivity contribution in [3.05, 3.63) is 112 Å². The van der Waals surface area contributed by atoms with Crippen molar-refractivity contribution in [2.75, 3.05) is 27.4 Å². The fraction of sp³-hybridized carbons (Fsp3) is 0.257. The number of hydrogen-bond acceptors (Lipinski definition) is 10. The largest absolute Gasteiger partial charge is 0.493 e. The van der Waals surface area contributed by atoms with Gasteiger partial charge in [0, 0.05) is 10.0 Å². The maximum Gasteiger partial charge on any atom is 0.338 e. The lowest BCUT2D eigenvalue weighted by atomic mass is 9.95. The monoisotopic (exact) mass is 717 g/mol. The summed E-state index contributed by atoms with van der Waals surface area (Å²) >= 11 is 4.85. The van der Waals surface area contributed by atoms with Crippen LogP contribution in [0.1, 0.15) is 49.1 Å². The number of fused-ring (bicyclic) bond motifs is 1. The van der Waals surface area contributed by atoms with Crippen LogP contribution in [0.25, 0.3) is 6.08 Å². The molecule has 5 rings (SSSR count). The third kappa shape index (κ3) is 6.82. The van der Waals surface area contributed by atoms with Gasteiger partial charge in [0.25, 0.3) is 5.56 Å². The Labute approximate surface area is 283 Å². The number of nitrogens with zero attached hydrogens (tertiary/aromatic N) is 3. The van der Waals surface area contributed by atoms with Crippen LogP contribution in [0.4, 0.5) is 0 Å². The first-order chi connectivity index (χ1) is 22.7. The summed E-state index contributed by atoms with van der Waals surface area (Å²) in [5.74, 6) is 1.36. The van der Waals surface area contributed by atoms with E-state index in [0.717, 1.165) is 5.56 Å². The van der Waals surface area contributed by atoms with Gasteiger partial charge >= 0.3 is 5.97 Å². The molecule has 4 aromatic rings. The summed E-state index contributed by atoms with van der Waals surface area (Å²) in [6.07, 6.45) is 1.75. The molecule has 10 nitrogen and oxygen atoms in total. The van der Waals surface area contributed by atoms with E-state index in [4.69, 9.17) is 23.7 Å². The SMILES string of the molecule is CCOC(=O)C1=C(C)N=c2s/c(=C/c3ccc(OCc4ccccc4C#N)c(OC)c3)c(=O)n2[C@@H]1c1cc(OC)c(OCC)cc1Br. The molecule has 0 radical (unpaired) electrons. The van der Waals surface area contributed by atoms with Crippen molar-refractivity contribution < 1.29 is 28.5 Å². The van der Waals surface area contributed by atoms with Gasteiger partial charge in [-0.25, -0.2) is 9.79 Å². The lowest BCUT2D eigenvalue weighted by Crippen LogP contribution is -2.40. The van der Waals surface area contributed by atoms with Gasteiger partial charge in [0.2, 0.25) is 0 Å². The summed E-state index contributed by atoms with van der Waals surface area (Å²) in [6, 6.07) is 17.4. The number of benzene rings is 3. The Kier molecular flexibility index (Phi) is 10.5. The molecular weight excluding hydrogens is 686 g/mol. The molecule has 0 unspecified atom stereocenters. The number of ether oxygens (including phenoxy) is 5. The van der Waals surface area contributed by atoms with E-state index in [0.29, 0.717) is 65.8 Å². The molecule has 0 aliphatic carbocycles. The molecule has 12 heteroatoms. The van der Waals surface area contributed by atoms with Crippen molar-refractivity contribution in [1.29, 1.82) is 5.26 Å². The Morgan fingerprint density at radius 2 is 1.77 bits per heavy atom. The highest BCUT2D eigenvalue weighted by Crippen LogP contribution is 2.41. The lowest BCUT2D eigenvalue weighted by molar-refractivity contribution is -0.139. The second-order valence-electron chi connectivity index (χ2n) is 10.2. The van der Waals surface area contributed by atoms with Crippen LogP contribution < -0.4 is 33.8 Å². The van der Waals surface area contributed by atoms with Gasteiger partial charge in [-0.05, 0) is 68.3 Å². The van der Waals surface area contributed by atoms with E-state index >= 15 is 0 Å². The summed E-state index contributed by atoms with van der Waals surface area (Å²) in [5.41, 5.74) is 2.95. The molecule has 2 heterocycles. The van der Waals surface area contributed by atoms with Gasteiger partial charge in [0.15, 0.2) is 27.8 Å². The van der Waals surface area contributed by atoms with Gasteiger partial charge in [-0.1, -0.05) is 51.5 Å². The molecule has 0 bridgehead atoms. The number of carbonyl (C=O) groups excluding carboxylic acids is 1. The van der Waals surface area contributed by atoms with Crippen LogP contribution in [0.3, 0.4) is 0 Å². The molecule has 0 saturated carbocycles. The van der Waals surface area contributed by atoms with E-state index < -0.39 is 12.0 Å². The molecule has 1 atom stereocenters. The number of thiazole rings is 1. The molecule has 242 valence electrons. The highest BCUT2D eigenvalue weighted by atomic mass is 79.9. The van der Waals surface area contributed by atoms with E-state index in [-0.39, 0.29) is 24.3 Å². The van der Waals surface area contributed by atoms with Gasteiger partial charge in [-0.15, -0.1) is 0 Å². The lowest BCUT2D eigenvalue weighted by Gasteiger charge is -2.26. The smallest absolute Gasteiger partial charge is 0.338 e. The summed E-state index contributed by atoms with van der Waals surface area (Å²) in [4.78, 5) is 32.6. The van der Waals surface area contributed by atoms with Gasteiger partial charge in [-0.2, -0.15) is 5.26 Å². The molecule has 0 fully saturated rings. The summed E-state index contributed by atoms with van der Waals surface area (Å²) in [5, 5.41) is 9.40. The summed E-state index contributed by atoms with van der Waals surface area (Å²) in [6.45, 7) is 6.10. The minimum Gasteiger partial charge on any atom is -0.493 e. The van der Waals surface area contributed by atoms with E-state index in [2.05, 4.69) is 27.0 Å². The summed E-state index contributed by atoms with van der Waals surface area (Å²) in [7, 11) is 3.07. The number of rotatable bonds is 11. The van der Waals surface area contributed by atoms with Crippen molar-refractivity contribution in [1.82, 2.24) is 4.57 Å². The zero-order valence-corrected chi connectivity index (χ0v) is 28.9. The molecule has 47 heavy (non-hydrogen) atoms. The predicted molar refractivity (Wildman–Crippen MR) is 181 cm³/mol. The maximum atomic E-state index is 14.2. The number of methoxy groups -OCH3 is 2. The van der Waals surface area contributed by atoms with Crippen molar-refractivity contribution >= 4 is 39.3 Å². The first-order valence-corrected chi connectivity index (χ1v) is 16.3. The van der Waals surface area contributed by atoms with E-state index in [1.165, 1.54) is 30.1 Å². The molecular formula is C35H32BrN3O7S. The fourth-order valence-electron chi connectivity index (χ4n) is 5.23. The van der Waals surface area contributed by atoms with Crippen molar-refractivity contribution in [2.45, 2.75) is 33.4 Å². The van der Waals surface area contributed by atoms with Crippen molar-refractivity contribution in [2.24, 2.45) is 4.99 Å². The second-order valence-corrected chi connectivity index (χ2v) is 12.1. The number of halogens is 1. The Morgan fingerprint density at radius 1 is 1.02 bits per heavy atom. The normalized spacial score (nSPS) is 14.1. The molecule has 1 aliphatic heterocycles. The average molecular weight is 719 g/mol. The first-order valence-electron chi connectivity index (χ1n) is 14.7. The first kappa shape index (κ1) is 33.5. The number of aromatic nitrogens is 1. The number of allylic oxidation sites excluding steroid dienone is 1. The van der Waals surface area contributed by atoms with Gasteiger partial charge in [0.05, 0.1) is 60.9 Å². The zero-order chi connectivity index (χ0) is 33.7. The van der Waals surface area contributed by atoms with Crippen LogP contribution in [-0.2, 0) is 16.1 Å². The molecule has 0 amide bonds. The van der Waals surface area contributed by atoms with Crippen molar-refractivity contribution in [3.63, 3.8) is 0 Å². The number of hydrogen-bond donors (Lipinski definition) is 0.